The van der Waals surface area contributed by atoms with Crippen molar-refractivity contribution in [1.29, 1.82) is 0 Å². The molecule has 0 bridgehead atoms. The topological polar surface area (TPSA) is 136 Å². The van der Waals surface area contributed by atoms with Crippen LogP contribution in [0.1, 0.15) is 80.2 Å². The van der Waals surface area contributed by atoms with Gasteiger partial charge in [0, 0.05) is 55.8 Å². The zero-order chi connectivity index (χ0) is 40.7. The maximum Gasteiger partial charge on any atom is 0.490 e. The van der Waals surface area contributed by atoms with Crippen molar-refractivity contribution < 1.29 is 42.2 Å². The maximum atomic E-state index is 14.0. The molecule has 55 heavy (non-hydrogen) atoms. The number of nitrogens with zero attached hydrogens (tertiary/aromatic N) is 6. The highest BCUT2D eigenvalue weighted by molar-refractivity contribution is 6.31. The van der Waals surface area contributed by atoms with Gasteiger partial charge in [-0.05, 0) is 123 Å². The van der Waals surface area contributed by atoms with Gasteiger partial charge in [0.05, 0.1) is 17.0 Å². The summed E-state index contributed by atoms with van der Waals surface area (Å²) in [5, 5.41) is 7.80. The minimum Gasteiger partial charge on any atom is -0.475 e. The first-order chi connectivity index (χ1) is 25.7. The number of aliphatic carboxylic acids is 1. The van der Waals surface area contributed by atoms with Gasteiger partial charge in [0.2, 0.25) is 5.91 Å². The summed E-state index contributed by atoms with van der Waals surface area (Å²) in [6, 6.07) is 5.93. The van der Waals surface area contributed by atoms with Crippen molar-refractivity contribution in [3.63, 3.8) is 0 Å². The molecule has 0 radical (unpaired) electrons. The minimum absolute atomic E-state index is 0.0378. The van der Waals surface area contributed by atoms with Crippen molar-refractivity contribution in [1.82, 2.24) is 24.7 Å². The molecule has 0 aliphatic carbocycles. The molecule has 2 atom stereocenters. The van der Waals surface area contributed by atoms with Crippen LogP contribution < -0.4 is 4.90 Å². The first kappa shape index (κ1) is 43.9. The number of benzene rings is 1. The summed E-state index contributed by atoms with van der Waals surface area (Å²) < 4.78 is 37.2. The Bertz CT molecular complexity index is 1650. The number of anilines is 1. The fourth-order valence-electron chi connectivity index (χ4n) is 7.53. The molecule has 304 valence electrons. The first-order valence-electron chi connectivity index (χ1n) is 18.8. The van der Waals surface area contributed by atoms with Crippen LogP contribution in [-0.4, -0.2) is 124 Å². The highest BCUT2D eigenvalue weighted by Gasteiger charge is 2.42. The molecular formula is C39H54ClF3N6O6. The minimum atomic E-state index is -5.08. The smallest absolute Gasteiger partial charge is 0.475 e. The van der Waals surface area contributed by atoms with Crippen LogP contribution in [0.2, 0.25) is 5.02 Å². The van der Waals surface area contributed by atoms with Crippen LogP contribution >= 0.6 is 11.6 Å². The van der Waals surface area contributed by atoms with Gasteiger partial charge in [0.1, 0.15) is 11.9 Å². The van der Waals surface area contributed by atoms with Crippen LogP contribution in [-0.2, 0) is 19.1 Å². The van der Waals surface area contributed by atoms with Crippen LogP contribution in [0.3, 0.4) is 0 Å². The summed E-state index contributed by atoms with van der Waals surface area (Å²) >= 11 is 6.54. The average molecular weight is 795 g/mol. The molecule has 3 aliphatic heterocycles. The highest BCUT2D eigenvalue weighted by atomic mass is 35.5. The second-order valence-corrected chi connectivity index (χ2v) is 16.2. The molecule has 4 heterocycles. The fraction of sp³-hybridized carbons (Fsp3) is 0.641. The number of carboxylic acids is 1. The zero-order valence-corrected chi connectivity index (χ0v) is 33.4. The Labute approximate surface area is 326 Å². The summed E-state index contributed by atoms with van der Waals surface area (Å²) in [6.45, 7) is 18.9. The summed E-state index contributed by atoms with van der Waals surface area (Å²) in [6.07, 6.45) is 0.0791. The monoisotopic (exact) mass is 794 g/mol. The molecule has 3 aliphatic rings. The van der Waals surface area contributed by atoms with E-state index in [4.69, 9.17) is 26.2 Å². The molecule has 2 amide bonds. The fourth-order valence-corrected chi connectivity index (χ4v) is 7.71. The van der Waals surface area contributed by atoms with E-state index in [1.165, 1.54) is 6.33 Å². The summed E-state index contributed by atoms with van der Waals surface area (Å²) in [4.78, 5) is 65.6. The molecule has 5 rings (SSSR count). The van der Waals surface area contributed by atoms with Crippen LogP contribution in [0, 0.1) is 38.5 Å². The molecule has 0 spiro atoms. The second kappa shape index (κ2) is 18.9. The third kappa shape index (κ3) is 12.6. The van der Waals surface area contributed by atoms with E-state index in [9.17, 15) is 27.6 Å². The van der Waals surface area contributed by atoms with E-state index in [0.717, 1.165) is 101 Å². The number of carbonyl (C=O) groups is 4. The number of hydrogen-bond donors (Lipinski definition) is 1. The van der Waals surface area contributed by atoms with E-state index in [-0.39, 0.29) is 23.7 Å². The number of aryl methyl sites for hydroxylation is 3. The van der Waals surface area contributed by atoms with Gasteiger partial charge >= 0.3 is 18.1 Å². The van der Waals surface area contributed by atoms with E-state index in [1.54, 1.807) is 0 Å². The lowest BCUT2D eigenvalue weighted by atomic mass is 9.94. The standard InChI is InChI=1S/C37H53ClN6O4.C2HF3O2/c1-25-10-11-31(19-32(25)38)44(35(46)28-12-17-41(18-13-28)14-7-9-33(45)48-37(4,5)6)16-8-15-42-20-29-22-43(23-30(29)21-42)36(47)34-26(2)39-24-40-27(34)3;3-2(4,5)1(6)7/h10-11,19,24,28-30H,7-9,12-18,20-23H2,1-6H3;(H,6,7). The number of piperidine rings is 1. The summed E-state index contributed by atoms with van der Waals surface area (Å²) in [7, 11) is 0. The molecule has 2 unspecified atom stereocenters. The van der Waals surface area contributed by atoms with Crippen molar-refractivity contribution in [3.05, 3.63) is 52.1 Å². The van der Waals surface area contributed by atoms with Gasteiger partial charge in [-0.15, -0.1) is 0 Å². The number of rotatable bonds is 11. The Morgan fingerprint density at radius 1 is 0.909 bits per heavy atom. The van der Waals surface area contributed by atoms with Gasteiger partial charge in [-0.1, -0.05) is 17.7 Å². The molecule has 3 fully saturated rings. The number of likely N-dealkylation sites (tertiary alicyclic amines) is 3. The third-order valence-electron chi connectivity index (χ3n) is 10.3. The van der Waals surface area contributed by atoms with Crippen molar-refractivity contribution in [3.8, 4) is 0 Å². The summed E-state index contributed by atoms with van der Waals surface area (Å²) in [5.41, 5.74) is 3.51. The molecule has 12 nitrogen and oxygen atoms in total. The third-order valence-corrected chi connectivity index (χ3v) is 10.7. The van der Waals surface area contributed by atoms with Crippen LogP contribution in [0.25, 0.3) is 0 Å². The zero-order valence-electron chi connectivity index (χ0n) is 32.6. The maximum absolute atomic E-state index is 14.0. The molecule has 16 heteroatoms. The predicted octanol–water partition coefficient (Wildman–Crippen LogP) is 5.95. The molecule has 1 N–H and O–H groups in total. The van der Waals surface area contributed by atoms with Crippen LogP contribution in [0.5, 0.6) is 0 Å². The second-order valence-electron chi connectivity index (χ2n) is 15.8. The number of amides is 2. The number of fused-ring (bicyclic) bond motifs is 1. The van der Waals surface area contributed by atoms with Crippen molar-refractivity contribution in [2.75, 3.05) is 63.8 Å². The summed E-state index contributed by atoms with van der Waals surface area (Å²) in [5.74, 6) is -1.81. The number of halogens is 4. The van der Waals surface area contributed by atoms with Gasteiger partial charge in [0.15, 0.2) is 0 Å². The molecule has 0 saturated carbocycles. The van der Waals surface area contributed by atoms with E-state index in [2.05, 4.69) is 19.8 Å². The Balaban J connectivity index is 0.000000876. The van der Waals surface area contributed by atoms with E-state index >= 15 is 0 Å². The van der Waals surface area contributed by atoms with E-state index < -0.39 is 17.7 Å². The first-order valence-corrected chi connectivity index (χ1v) is 19.2. The lowest BCUT2D eigenvalue weighted by Gasteiger charge is -2.34. The lowest BCUT2D eigenvalue weighted by Crippen LogP contribution is -2.44. The van der Waals surface area contributed by atoms with Crippen molar-refractivity contribution >= 4 is 41.0 Å². The largest absolute Gasteiger partial charge is 0.490 e. The van der Waals surface area contributed by atoms with Gasteiger partial charge in [-0.25, -0.2) is 14.8 Å². The lowest BCUT2D eigenvalue weighted by molar-refractivity contribution is -0.192. The number of carbonyl (C=O) groups excluding carboxylic acids is 3. The quantitative estimate of drug-likeness (QED) is 0.272. The van der Waals surface area contributed by atoms with E-state index in [1.807, 2.05) is 69.5 Å². The highest BCUT2D eigenvalue weighted by Crippen LogP contribution is 2.33. The Morgan fingerprint density at radius 2 is 1.47 bits per heavy atom. The van der Waals surface area contributed by atoms with Gasteiger partial charge in [0.25, 0.3) is 5.91 Å². The van der Waals surface area contributed by atoms with Gasteiger partial charge in [-0.2, -0.15) is 13.2 Å². The van der Waals surface area contributed by atoms with Gasteiger partial charge < -0.3 is 29.4 Å². The molecule has 3 saturated heterocycles. The molecule has 2 aromatic rings. The number of esters is 1. The van der Waals surface area contributed by atoms with Crippen LogP contribution in [0.15, 0.2) is 24.5 Å². The number of aromatic nitrogens is 2. The number of alkyl halides is 3. The van der Waals surface area contributed by atoms with Crippen molar-refractivity contribution in [2.45, 2.75) is 85.4 Å². The van der Waals surface area contributed by atoms with Crippen LogP contribution in [0.4, 0.5) is 18.9 Å². The molecular weight excluding hydrogens is 741 g/mol. The van der Waals surface area contributed by atoms with Gasteiger partial charge in [-0.3, -0.25) is 14.4 Å². The molecule has 1 aromatic heterocycles. The Kier molecular flexibility index (Phi) is 15.1. The Morgan fingerprint density at radius 3 is 2.00 bits per heavy atom. The average Bonchev–Trinajstić information content (AvgIpc) is 3.66. The number of hydrogen-bond acceptors (Lipinski definition) is 9. The SMILES string of the molecule is Cc1ccc(N(CCCN2CC3CN(C(=O)c4c(C)ncnc4C)CC3C2)C(=O)C2CCN(CCCC(=O)OC(C)(C)C)CC2)cc1Cl.O=C(O)C(F)(F)F. The number of ether oxygens (including phenoxy) is 1. The predicted molar refractivity (Wildman–Crippen MR) is 202 cm³/mol. The van der Waals surface area contributed by atoms with E-state index in [0.29, 0.717) is 35.4 Å². The normalized spacial score (nSPS) is 19.4. The molecule has 1 aromatic carbocycles. The number of carboxylic acid groups (broad SMARTS) is 1. The Hall–Kier alpha value is -3.82. The van der Waals surface area contributed by atoms with Crippen molar-refractivity contribution in [2.24, 2.45) is 17.8 Å².